The Balaban J connectivity index is 1.99. The lowest BCUT2D eigenvalue weighted by Gasteiger charge is -2.29. The average Bonchev–Trinajstić information content (AvgIpc) is 2.86. The van der Waals surface area contributed by atoms with Crippen LogP contribution in [-0.2, 0) is 14.3 Å². The number of nitrogens with one attached hydrogen (secondary N) is 1. The van der Waals surface area contributed by atoms with Crippen LogP contribution >= 0.6 is 0 Å². The van der Waals surface area contributed by atoms with Gasteiger partial charge in [0.2, 0.25) is 5.91 Å². The molecule has 0 saturated carbocycles. The molecule has 6 N–H and O–H groups in total. The van der Waals surface area contributed by atoms with Crippen molar-refractivity contribution in [3.8, 4) is 0 Å². The maximum absolute atomic E-state index is 12.2. The van der Waals surface area contributed by atoms with E-state index in [0.29, 0.717) is 26.0 Å². The zero-order valence-electron chi connectivity index (χ0n) is 22.5. The molecule has 1 amide bonds. The first-order valence-corrected chi connectivity index (χ1v) is 14.1. The minimum Gasteiger partial charge on any atom is -0.386 e. The van der Waals surface area contributed by atoms with E-state index in [1.807, 2.05) is 0 Å². The number of nitrogens with zero attached hydrogens (tertiary/aromatic N) is 1. The Morgan fingerprint density at radius 3 is 2.28 bits per heavy atom. The molecule has 0 radical (unpaired) electrons. The Kier molecular flexibility index (Phi) is 19.9. The number of hydrogen-bond donors (Lipinski definition) is 4. The number of aliphatic hydroxyl groups is 1. The molecule has 0 spiro atoms. The number of amides is 1. The van der Waals surface area contributed by atoms with Gasteiger partial charge >= 0.3 is 0 Å². The molecule has 1 rings (SSSR count). The quantitative estimate of drug-likeness (QED) is 0.0738. The van der Waals surface area contributed by atoms with Crippen LogP contribution in [0.2, 0.25) is 0 Å². The van der Waals surface area contributed by atoms with Gasteiger partial charge in [-0.05, 0) is 44.6 Å². The topological polar surface area (TPSA) is 132 Å². The second-order valence-electron chi connectivity index (χ2n) is 9.59. The number of hydrogen-bond acceptors (Lipinski definition) is 5. The van der Waals surface area contributed by atoms with Crippen LogP contribution < -0.4 is 16.8 Å². The number of allylic oxidation sites excluding steroid dienone is 2. The first kappa shape index (κ1) is 32.1. The predicted molar refractivity (Wildman–Crippen MR) is 148 cm³/mol. The normalized spacial score (nSPS) is 19.6. The fraction of sp³-hybridized carbons (Fsp3) is 0.786. The molecule has 1 aliphatic heterocycles. The molecular weight excluding hydrogens is 456 g/mol. The predicted octanol–water partition coefficient (Wildman–Crippen LogP) is 4.46. The monoisotopic (exact) mass is 508 g/mol. The molecule has 0 bridgehead atoms. The molecule has 208 valence electrons. The third-order valence-electron chi connectivity index (χ3n) is 6.20. The van der Waals surface area contributed by atoms with Gasteiger partial charge in [-0.1, -0.05) is 76.5 Å². The molecule has 0 unspecified atom stereocenters. The van der Waals surface area contributed by atoms with Crippen molar-refractivity contribution in [3.05, 3.63) is 24.3 Å². The van der Waals surface area contributed by atoms with Gasteiger partial charge in [0.15, 0.2) is 12.2 Å². The summed E-state index contributed by atoms with van der Waals surface area (Å²) < 4.78 is 11.4. The van der Waals surface area contributed by atoms with Gasteiger partial charge in [-0.15, -0.1) is 0 Å². The van der Waals surface area contributed by atoms with Crippen molar-refractivity contribution in [1.29, 1.82) is 0 Å². The van der Waals surface area contributed by atoms with E-state index in [1.54, 1.807) is 12.2 Å². The summed E-state index contributed by atoms with van der Waals surface area (Å²) >= 11 is 0. The molecule has 8 nitrogen and oxygen atoms in total. The first-order chi connectivity index (χ1) is 17.5. The number of unbranched alkanes of at least 4 members (excludes halogenated alkanes) is 11. The standard InChI is InChI=1S/C28H52N4O4/c1-2-3-4-5-6-7-8-9-10-11-12-13-14-15-16-18-26(34)32-23-25-24(33)19-20-27(36-25)35-22-17-21-31-28(29)30/h9-10,19-20,24-25,27,33H,2-8,11-18,21-23H2,1H3,(H,32,34)(H4,29,30,31)/b10-9-/t24-,25+,27-/m0/s1. The SMILES string of the molecule is CCCCCCCC/C=C\CCCCCCCC(=O)NC[C@H]1O[C@H](OCCCN=C(N)N)C=C[C@@H]1O. The van der Waals surface area contributed by atoms with Crippen LogP contribution in [-0.4, -0.2) is 55.2 Å². The fourth-order valence-electron chi connectivity index (χ4n) is 4.02. The number of aliphatic imine (C=N–C) groups is 1. The molecule has 0 aromatic heterocycles. The second kappa shape index (κ2) is 22.3. The fourth-order valence-corrected chi connectivity index (χ4v) is 4.02. The Bertz CT molecular complexity index is 635. The van der Waals surface area contributed by atoms with E-state index in [1.165, 1.54) is 57.8 Å². The Morgan fingerprint density at radius 2 is 1.61 bits per heavy atom. The van der Waals surface area contributed by atoms with Crippen LogP contribution in [0.4, 0.5) is 0 Å². The van der Waals surface area contributed by atoms with Crippen molar-refractivity contribution in [2.75, 3.05) is 19.7 Å². The van der Waals surface area contributed by atoms with E-state index in [9.17, 15) is 9.90 Å². The van der Waals surface area contributed by atoms with Crippen LogP contribution in [0.3, 0.4) is 0 Å². The zero-order valence-corrected chi connectivity index (χ0v) is 22.5. The molecule has 1 aliphatic rings. The molecule has 0 aromatic rings. The molecule has 0 aromatic carbocycles. The van der Waals surface area contributed by atoms with E-state index < -0.39 is 18.5 Å². The lowest BCUT2D eigenvalue weighted by molar-refractivity contribution is -0.170. The van der Waals surface area contributed by atoms with Crippen molar-refractivity contribution in [3.63, 3.8) is 0 Å². The van der Waals surface area contributed by atoms with Gasteiger partial charge in [-0.3, -0.25) is 9.79 Å². The third kappa shape index (κ3) is 18.4. The number of aliphatic hydroxyl groups excluding tert-OH is 1. The van der Waals surface area contributed by atoms with Gasteiger partial charge in [0, 0.05) is 19.5 Å². The van der Waals surface area contributed by atoms with Crippen molar-refractivity contribution in [1.82, 2.24) is 5.32 Å². The highest BCUT2D eigenvalue weighted by Crippen LogP contribution is 2.14. The van der Waals surface area contributed by atoms with Gasteiger partial charge in [0.05, 0.1) is 6.61 Å². The van der Waals surface area contributed by atoms with Crippen LogP contribution in [0.5, 0.6) is 0 Å². The van der Waals surface area contributed by atoms with Gasteiger partial charge in [0.25, 0.3) is 0 Å². The highest BCUT2D eigenvalue weighted by molar-refractivity contribution is 5.76. The van der Waals surface area contributed by atoms with Crippen LogP contribution in [0.15, 0.2) is 29.3 Å². The average molecular weight is 509 g/mol. The summed E-state index contributed by atoms with van der Waals surface area (Å²) in [6.07, 6.45) is 23.4. The van der Waals surface area contributed by atoms with Crippen molar-refractivity contribution < 1.29 is 19.4 Å². The lowest BCUT2D eigenvalue weighted by Crippen LogP contribution is -2.44. The summed E-state index contributed by atoms with van der Waals surface area (Å²) in [5.74, 6) is 0.0530. The van der Waals surface area contributed by atoms with E-state index in [2.05, 4.69) is 29.4 Å². The first-order valence-electron chi connectivity index (χ1n) is 14.1. The molecular formula is C28H52N4O4. The van der Waals surface area contributed by atoms with Crippen molar-refractivity contribution in [2.45, 2.75) is 122 Å². The molecule has 36 heavy (non-hydrogen) atoms. The minimum absolute atomic E-state index is 0.00677. The highest BCUT2D eigenvalue weighted by Gasteiger charge is 2.26. The molecule has 3 atom stereocenters. The van der Waals surface area contributed by atoms with Crippen molar-refractivity contribution >= 4 is 11.9 Å². The van der Waals surface area contributed by atoms with E-state index in [4.69, 9.17) is 20.9 Å². The minimum atomic E-state index is -0.772. The maximum Gasteiger partial charge on any atom is 0.220 e. The summed E-state index contributed by atoms with van der Waals surface area (Å²) in [6.45, 7) is 3.42. The van der Waals surface area contributed by atoms with E-state index >= 15 is 0 Å². The largest absolute Gasteiger partial charge is 0.386 e. The molecule has 8 heteroatoms. The highest BCUT2D eigenvalue weighted by atomic mass is 16.7. The van der Waals surface area contributed by atoms with E-state index in [-0.39, 0.29) is 18.4 Å². The smallest absolute Gasteiger partial charge is 0.220 e. The summed E-state index contributed by atoms with van der Waals surface area (Å²) in [7, 11) is 0. The Labute approximate surface area is 219 Å². The molecule has 0 aliphatic carbocycles. The van der Waals surface area contributed by atoms with E-state index in [0.717, 1.165) is 25.7 Å². The van der Waals surface area contributed by atoms with Gasteiger partial charge in [-0.25, -0.2) is 0 Å². The van der Waals surface area contributed by atoms with Gasteiger partial charge in [0.1, 0.15) is 12.2 Å². The molecule has 0 saturated heterocycles. The van der Waals surface area contributed by atoms with Crippen LogP contribution in [0.25, 0.3) is 0 Å². The Hall–Kier alpha value is -1.90. The third-order valence-corrected chi connectivity index (χ3v) is 6.20. The number of carbonyl (C=O) groups excluding carboxylic acids is 1. The zero-order chi connectivity index (χ0) is 26.3. The van der Waals surface area contributed by atoms with Gasteiger partial charge < -0.3 is 31.4 Å². The summed E-state index contributed by atoms with van der Waals surface area (Å²) in [5.41, 5.74) is 10.6. The summed E-state index contributed by atoms with van der Waals surface area (Å²) in [4.78, 5) is 16.1. The summed E-state index contributed by atoms with van der Waals surface area (Å²) in [6, 6.07) is 0. The number of rotatable bonds is 22. The Morgan fingerprint density at radius 1 is 0.972 bits per heavy atom. The lowest BCUT2D eigenvalue weighted by atomic mass is 10.1. The number of ether oxygens (including phenoxy) is 2. The van der Waals surface area contributed by atoms with Crippen LogP contribution in [0.1, 0.15) is 103 Å². The van der Waals surface area contributed by atoms with Crippen LogP contribution in [0, 0.1) is 0 Å². The number of guanidine groups is 1. The maximum atomic E-state index is 12.2. The molecule has 0 fully saturated rings. The molecule has 1 heterocycles. The number of nitrogens with two attached hydrogens (primary N) is 2. The second-order valence-corrected chi connectivity index (χ2v) is 9.59. The number of carbonyl (C=O) groups is 1. The van der Waals surface area contributed by atoms with Gasteiger partial charge in [-0.2, -0.15) is 0 Å². The van der Waals surface area contributed by atoms with Crippen molar-refractivity contribution in [2.24, 2.45) is 16.5 Å². The summed E-state index contributed by atoms with van der Waals surface area (Å²) in [5, 5.41) is 13.0.